The van der Waals surface area contributed by atoms with Gasteiger partial charge in [0.1, 0.15) is 0 Å². The van der Waals surface area contributed by atoms with Crippen molar-refractivity contribution in [1.29, 1.82) is 0 Å². The number of nitrogens with one attached hydrogen (secondary N) is 1. The first-order valence-corrected chi connectivity index (χ1v) is 4.49. The van der Waals surface area contributed by atoms with E-state index in [9.17, 15) is 0 Å². The molecule has 0 saturated heterocycles. The van der Waals surface area contributed by atoms with Crippen molar-refractivity contribution in [3.05, 3.63) is 0 Å². The quantitative estimate of drug-likeness (QED) is 0.454. The second-order valence-corrected chi connectivity index (χ2v) is 2.92. The maximum absolute atomic E-state index is 4.92. The van der Waals surface area contributed by atoms with Gasteiger partial charge in [-0.3, -0.25) is 0 Å². The highest BCUT2D eigenvalue weighted by Gasteiger charge is 1.83. The van der Waals surface area contributed by atoms with Gasteiger partial charge in [0, 0.05) is 12.3 Å². The maximum atomic E-state index is 4.92. The van der Waals surface area contributed by atoms with E-state index in [1.54, 1.807) is 0 Å². The molecular formula is C6H15NOS. The first-order chi connectivity index (χ1) is 4.41. The van der Waals surface area contributed by atoms with E-state index in [2.05, 4.69) is 12.4 Å². The van der Waals surface area contributed by atoms with Gasteiger partial charge in [0.2, 0.25) is 0 Å². The fraction of sp³-hybridized carbons (Fsp3) is 1.00. The van der Waals surface area contributed by atoms with E-state index in [-0.39, 0.29) is 0 Å². The van der Waals surface area contributed by atoms with Gasteiger partial charge in [-0.1, -0.05) is 6.92 Å². The van der Waals surface area contributed by atoms with Crippen LogP contribution in [0.1, 0.15) is 13.8 Å². The van der Waals surface area contributed by atoms with Gasteiger partial charge in [-0.05, 0) is 12.7 Å². The van der Waals surface area contributed by atoms with Crippen molar-refractivity contribution in [1.82, 2.24) is 5.48 Å². The molecule has 0 aliphatic heterocycles. The van der Waals surface area contributed by atoms with Crippen LogP contribution < -0.4 is 5.48 Å². The number of rotatable bonds is 6. The summed E-state index contributed by atoms with van der Waals surface area (Å²) in [5.74, 6) is 2.32. The van der Waals surface area contributed by atoms with Gasteiger partial charge in [-0.2, -0.15) is 11.8 Å². The minimum absolute atomic E-state index is 0.747. The summed E-state index contributed by atoms with van der Waals surface area (Å²) in [6, 6.07) is 0. The van der Waals surface area contributed by atoms with Crippen molar-refractivity contribution in [2.75, 3.05) is 24.7 Å². The van der Waals surface area contributed by atoms with Gasteiger partial charge in [0.15, 0.2) is 0 Å². The highest BCUT2D eigenvalue weighted by atomic mass is 32.2. The molecule has 1 N–H and O–H groups in total. The number of hydrogen-bond donors (Lipinski definition) is 1. The van der Waals surface area contributed by atoms with Crippen LogP contribution in [0.3, 0.4) is 0 Å². The molecule has 3 heteroatoms. The fourth-order valence-electron chi connectivity index (χ4n) is 0.432. The molecule has 56 valence electrons. The molecule has 0 atom stereocenters. The SMILES string of the molecule is CCONCCSCC. The van der Waals surface area contributed by atoms with E-state index < -0.39 is 0 Å². The van der Waals surface area contributed by atoms with E-state index in [1.165, 1.54) is 5.75 Å². The fourth-order valence-corrected chi connectivity index (χ4v) is 0.949. The van der Waals surface area contributed by atoms with Crippen LogP contribution in [0, 0.1) is 0 Å². The molecule has 0 unspecified atom stereocenters. The molecule has 0 aromatic rings. The number of hydrogen-bond acceptors (Lipinski definition) is 3. The highest BCUT2D eigenvalue weighted by Crippen LogP contribution is 1.94. The zero-order chi connectivity index (χ0) is 6.95. The molecule has 0 heterocycles. The molecule has 0 aromatic heterocycles. The van der Waals surface area contributed by atoms with E-state index in [4.69, 9.17) is 4.84 Å². The van der Waals surface area contributed by atoms with Crippen LogP contribution in [-0.4, -0.2) is 24.7 Å². The molecule has 0 saturated carbocycles. The normalized spacial score (nSPS) is 10.0. The van der Waals surface area contributed by atoms with Gasteiger partial charge < -0.3 is 4.84 Å². The minimum Gasteiger partial charge on any atom is -0.302 e. The smallest absolute Gasteiger partial charge is 0.0653 e. The van der Waals surface area contributed by atoms with Gasteiger partial charge in [0.05, 0.1) is 6.61 Å². The van der Waals surface area contributed by atoms with Crippen LogP contribution in [0.25, 0.3) is 0 Å². The van der Waals surface area contributed by atoms with Crippen molar-refractivity contribution in [2.45, 2.75) is 13.8 Å². The third-order valence-corrected chi connectivity index (χ3v) is 1.70. The Balaban J connectivity index is 2.60. The standard InChI is InChI=1S/C6H15NOS/c1-3-8-7-5-6-9-4-2/h7H,3-6H2,1-2H3. The van der Waals surface area contributed by atoms with Crippen molar-refractivity contribution in [3.8, 4) is 0 Å². The van der Waals surface area contributed by atoms with Crippen LogP contribution in [-0.2, 0) is 4.84 Å². The topological polar surface area (TPSA) is 21.3 Å². The lowest BCUT2D eigenvalue weighted by Gasteiger charge is -2.00. The van der Waals surface area contributed by atoms with Crippen LogP contribution in [0.15, 0.2) is 0 Å². The van der Waals surface area contributed by atoms with Crippen LogP contribution in [0.4, 0.5) is 0 Å². The molecule has 0 radical (unpaired) electrons. The summed E-state index contributed by atoms with van der Waals surface area (Å²) in [7, 11) is 0. The number of thioether (sulfide) groups is 1. The zero-order valence-corrected chi connectivity index (χ0v) is 6.96. The monoisotopic (exact) mass is 149 g/mol. The Morgan fingerprint density at radius 2 is 2.22 bits per heavy atom. The average molecular weight is 149 g/mol. The summed E-state index contributed by atoms with van der Waals surface area (Å²) in [5.41, 5.74) is 2.85. The molecule has 0 aromatic carbocycles. The average Bonchev–Trinajstić information content (AvgIpc) is 1.89. The Bertz CT molecular complexity index is 46.3. The molecule has 9 heavy (non-hydrogen) atoms. The Morgan fingerprint density at radius 3 is 2.78 bits per heavy atom. The predicted octanol–water partition coefficient (Wildman–Crippen LogP) is 1.28. The van der Waals surface area contributed by atoms with Crippen molar-refractivity contribution >= 4 is 11.8 Å². The van der Waals surface area contributed by atoms with Gasteiger partial charge in [-0.15, -0.1) is 0 Å². The highest BCUT2D eigenvalue weighted by molar-refractivity contribution is 7.99. The third kappa shape index (κ3) is 8.27. The second-order valence-electron chi connectivity index (χ2n) is 1.52. The van der Waals surface area contributed by atoms with Crippen molar-refractivity contribution < 1.29 is 4.84 Å². The molecule has 0 bridgehead atoms. The molecule has 0 rings (SSSR count). The van der Waals surface area contributed by atoms with Crippen molar-refractivity contribution in [3.63, 3.8) is 0 Å². The third-order valence-electron chi connectivity index (χ3n) is 0.799. The summed E-state index contributed by atoms with van der Waals surface area (Å²) < 4.78 is 0. The van der Waals surface area contributed by atoms with Gasteiger partial charge in [-0.25, -0.2) is 5.48 Å². The largest absolute Gasteiger partial charge is 0.302 e. The number of hydroxylamine groups is 1. The van der Waals surface area contributed by atoms with E-state index in [0.717, 1.165) is 18.9 Å². The second kappa shape index (κ2) is 8.27. The first kappa shape index (κ1) is 9.27. The van der Waals surface area contributed by atoms with Crippen LogP contribution in [0.5, 0.6) is 0 Å². The molecule has 0 aliphatic carbocycles. The summed E-state index contributed by atoms with van der Waals surface area (Å²) in [6.45, 7) is 5.83. The Kier molecular flexibility index (Phi) is 8.52. The van der Waals surface area contributed by atoms with Gasteiger partial charge >= 0.3 is 0 Å². The zero-order valence-electron chi connectivity index (χ0n) is 6.14. The summed E-state index contributed by atoms with van der Waals surface area (Å²) >= 11 is 1.92. The lowest BCUT2D eigenvalue weighted by atomic mass is 10.8. The Morgan fingerprint density at radius 1 is 1.44 bits per heavy atom. The molecule has 2 nitrogen and oxygen atoms in total. The van der Waals surface area contributed by atoms with Crippen LogP contribution >= 0.6 is 11.8 Å². The lowest BCUT2D eigenvalue weighted by molar-refractivity contribution is 0.0554. The summed E-state index contributed by atoms with van der Waals surface area (Å²) in [5, 5.41) is 0. The predicted molar refractivity (Wildman–Crippen MR) is 42.6 cm³/mol. The summed E-state index contributed by atoms with van der Waals surface area (Å²) in [6.07, 6.45) is 0. The van der Waals surface area contributed by atoms with E-state index in [0.29, 0.717) is 0 Å². The summed E-state index contributed by atoms with van der Waals surface area (Å²) in [4.78, 5) is 4.92. The Labute approximate surface area is 61.3 Å². The van der Waals surface area contributed by atoms with Crippen molar-refractivity contribution in [2.24, 2.45) is 0 Å². The molecule has 0 fully saturated rings. The maximum Gasteiger partial charge on any atom is 0.0653 e. The molecular weight excluding hydrogens is 134 g/mol. The van der Waals surface area contributed by atoms with Gasteiger partial charge in [0.25, 0.3) is 0 Å². The van der Waals surface area contributed by atoms with E-state index in [1.807, 2.05) is 18.7 Å². The molecule has 0 aliphatic rings. The van der Waals surface area contributed by atoms with Crippen LogP contribution in [0.2, 0.25) is 0 Å². The molecule has 0 amide bonds. The minimum atomic E-state index is 0.747. The molecule has 0 spiro atoms. The van der Waals surface area contributed by atoms with E-state index >= 15 is 0 Å². The lowest BCUT2D eigenvalue weighted by Crippen LogP contribution is -2.17. The first-order valence-electron chi connectivity index (χ1n) is 3.34. The Hall–Kier alpha value is 0.270.